The molecule has 0 amide bonds. The lowest BCUT2D eigenvalue weighted by Gasteiger charge is -2.05. The zero-order valence-electron chi connectivity index (χ0n) is 12.0. The van der Waals surface area contributed by atoms with E-state index in [4.69, 9.17) is 0 Å². The minimum atomic E-state index is 0.862. The summed E-state index contributed by atoms with van der Waals surface area (Å²) in [6, 6.07) is 2.20. The third-order valence-electron chi connectivity index (χ3n) is 3.08. The summed E-state index contributed by atoms with van der Waals surface area (Å²) < 4.78 is 1.89. The highest BCUT2D eigenvalue weighted by atomic mass is 15.2. The van der Waals surface area contributed by atoms with Gasteiger partial charge in [0.25, 0.3) is 0 Å². The molecule has 2 heterocycles. The Labute approximate surface area is 114 Å². The summed E-state index contributed by atoms with van der Waals surface area (Å²) in [7, 11) is 1.97. The van der Waals surface area contributed by atoms with E-state index >= 15 is 0 Å². The summed E-state index contributed by atoms with van der Waals surface area (Å²) in [5.41, 5.74) is 4.74. The normalized spacial score (nSPS) is 10.9. The van der Waals surface area contributed by atoms with Crippen LogP contribution in [0.5, 0.6) is 0 Å². The van der Waals surface area contributed by atoms with Gasteiger partial charge in [-0.2, -0.15) is 5.10 Å². The monoisotopic (exact) mass is 258 g/mol. The predicted octanol–water partition coefficient (Wildman–Crippen LogP) is 2.54. The predicted molar refractivity (Wildman–Crippen MR) is 77.8 cm³/mol. The lowest BCUT2D eigenvalue weighted by molar-refractivity contribution is 0.724. The average molecular weight is 258 g/mol. The number of hydrogen-bond acceptors (Lipinski definition) is 3. The Hall–Kier alpha value is -1.68. The lowest BCUT2D eigenvalue weighted by Crippen LogP contribution is -2.11. The molecule has 0 fully saturated rings. The highest BCUT2D eigenvalue weighted by Crippen LogP contribution is 2.23. The first-order valence-electron chi connectivity index (χ1n) is 6.92. The first-order chi connectivity index (χ1) is 9.24. The second kappa shape index (κ2) is 6.48. The van der Waals surface area contributed by atoms with Gasteiger partial charge in [0, 0.05) is 43.3 Å². The standard InChI is InChI=1S/C15H22N4/c1-4-6-15-14(11-19(3)18-15)13-7-12(8-16-5-2)9-17-10-13/h7,9-11,16H,4-6,8H2,1-3H3. The Morgan fingerprint density at radius 3 is 2.84 bits per heavy atom. The van der Waals surface area contributed by atoms with Crippen molar-refractivity contribution >= 4 is 0 Å². The summed E-state index contributed by atoms with van der Waals surface area (Å²) in [4.78, 5) is 4.35. The van der Waals surface area contributed by atoms with Crippen molar-refractivity contribution in [1.29, 1.82) is 0 Å². The highest BCUT2D eigenvalue weighted by Gasteiger charge is 2.10. The minimum Gasteiger partial charge on any atom is -0.313 e. The zero-order valence-corrected chi connectivity index (χ0v) is 12.0. The van der Waals surface area contributed by atoms with E-state index in [1.165, 1.54) is 11.1 Å². The third kappa shape index (κ3) is 3.41. The number of aryl methyl sites for hydroxylation is 2. The Bertz CT molecular complexity index is 531. The molecule has 1 N–H and O–H groups in total. The first-order valence-corrected chi connectivity index (χ1v) is 6.92. The quantitative estimate of drug-likeness (QED) is 0.866. The molecular formula is C15H22N4. The van der Waals surface area contributed by atoms with Crippen LogP contribution in [0.15, 0.2) is 24.7 Å². The fraction of sp³-hybridized carbons (Fsp3) is 0.467. The van der Waals surface area contributed by atoms with E-state index in [0.29, 0.717) is 0 Å². The molecule has 0 spiro atoms. The molecule has 0 aromatic carbocycles. The molecule has 0 aliphatic rings. The van der Waals surface area contributed by atoms with Gasteiger partial charge >= 0.3 is 0 Å². The lowest BCUT2D eigenvalue weighted by atomic mass is 10.0. The first kappa shape index (κ1) is 13.7. The molecule has 0 bridgehead atoms. The number of rotatable bonds is 6. The molecule has 0 aliphatic carbocycles. The maximum atomic E-state index is 4.54. The molecule has 0 aliphatic heterocycles. The van der Waals surface area contributed by atoms with Crippen LogP contribution >= 0.6 is 0 Å². The van der Waals surface area contributed by atoms with Crippen LogP contribution in [0, 0.1) is 0 Å². The van der Waals surface area contributed by atoms with Crippen LogP contribution in [0.4, 0.5) is 0 Å². The van der Waals surface area contributed by atoms with Crippen molar-refractivity contribution in [2.24, 2.45) is 7.05 Å². The molecule has 2 aromatic rings. The third-order valence-corrected chi connectivity index (χ3v) is 3.08. The van der Waals surface area contributed by atoms with Gasteiger partial charge in [0.15, 0.2) is 0 Å². The van der Waals surface area contributed by atoms with E-state index in [0.717, 1.165) is 37.2 Å². The van der Waals surface area contributed by atoms with Gasteiger partial charge in [-0.15, -0.1) is 0 Å². The van der Waals surface area contributed by atoms with Crippen LogP contribution in [0.25, 0.3) is 11.1 Å². The van der Waals surface area contributed by atoms with Crippen molar-refractivity contribution in [3.8, 4) is 11.1 Å². The molecular weight excluding hydrogens is 236 g/mol. The SMILES string of the molecule is CCCc1nn(C)cc1-c1cncc(CNCC)c1. The maximum Gasteiger partial charge on any atom is 0.0703 e. The largest absolute Gasteiger partial charge is 0.313 e. The van der Waals surface area contributed by atoms with Crippen LogP contribution in [0.1, 0.15) is 31.5 Å². The van der Waals surface area contributed by atoms with Gasteiger partial charge in [0.1, 0.15) is 0 Å². The summed E-state index contributed by atoms with van der Waals surface area (Å²) in [5.74, 6) is 0. The molecule has 2 rings (SSSR count). The van der Waals surface area contributed by atoms with Crippen LogP contribution in [-0.2, 0) is 20.0 Å². The molecule has 0 saturated heterocycles. The van der Waals surface area contributed by atoms with Gasteiger partial charge in [-0.3, -0.25) is 9.67 Å². The number of aromatic nitrogens is 3. The van der Waals surface area contributed by atoms with Gasteiger partial charge in [-0.25, -0.2) is 0 Å². The van der Waals surface area contributed by atoms with Crippen molar-refractivity contribution in [2.45, 2.75) is 33.2 Å². The van der Waals surface area contributed by atoms with E-state index in [9.17, 15) is 0 Å². The van der Waals surface area contributed by atoms with Gasteiger partial charge in [0.2, 0.25) is 0 Å². The van der Waals surface area contributed by atoms with Crippen molar-refractivity contribution in [3.05, 3.63) is 35.9 Å². The van der Waals surface area contributed by atoms with Crippen molar-refractivity contribution in [1.82, 2.24) is 20.1 Å². The summed E-state index contributed by atoms with van der Waals surface area (Å²) in [6.45, 7) is 6.12. The fourth-order valence-electron chi connectivity index (χ4n) is 2.20. The summed E-state index contributed by atoms with van der Waals surface area (Å²) in [6.07, 6.45) is 8.04. The molecule has 0 atom stereocenters. The molecule has 4 nitrogen and oxygen atoms in total. The Balaban J connectivity index is 2.30. The van der Waals surface area contributed by atoms with Crippen molar-refractivity contribution in [3.63, 3.8) is 0 Å². The smallest absolute Gasteiger partial charge is 0.0703 e. The van der Waals surface area contributed by atoms with Crippen LogP contribution in [0.2, 0.25) is 0 Å². The van der Waals surface area contributed by atoms with E-state index in [1.54, 1.807) is 0 Å². The van der Waals surface area contributed by atoms with Crippen molar-refractivity contribution in [2.75, 3.05) is 6.54 Å². The highest BCUT2D eigenvalue weighted by molar-refractivity contribution is 5.65. The van der Waals surface area contributed by atoms with E-state index in [1.807, 2.05) is 24.1 Å². The molecule has 19 heavy (non-hydrogen) atoms. The van der Waals surface area contributed by atoms with Crippen LogP contribution in [0.3, 0.4) is 0 Å². The second-order valence-corrected chi connectivity index (χ2v) is 4.78. The van der Waals surface area contributed by atoms with Crippen molar-refractivity contribution < 1.29 is 0 Å². The fourth-order valence-corrected chi connectivity index (χ4v) is 2.20. The van der Waals surface area contributed by atoms with Gasteiger partial charge in [0.05, 0.1) is 5.69 Å². The Morgan fingerprint density at radius 2 is 2.11 bits per heavy atom. The minimum absolute atomic E-state index is 0.862. The Kier molecular flexibility index (Phi) is 4.68. The molecule has 2 aromatic heterocycles. The van der Waals surface area contributed by atoms with Crippen LogP contribution < -0.4 is 5.32 Å². The van der Waals surface area contributed by atoms with Gasteiger partial charge in [-0.05, 0) is 24.6 Å². The molecule has 102 valence electrons. The summed E-state index contributed by atoms with van der Waals surface area (Å²) in [5, 5.41) is 7.87. The zero-order chi connectivity index (χ0) is 13.7. The molecule has 0 radical (unpaired) electrons. The molecule has 0 saturated carbocycles. The molecule has 4 heteroatoms. The number of pyridine rings is 1. The average Bonchev–Trinajstić information content (AvgIpc) is 2.78. The Morgan fingerprint density at radius 1 is 1.26 bits per heavy atom. The topological polar surface area (TPSA) is 42.7 Å². The van der Waals surface area contributed by atoms with Crippen LogP contribution in [-0.4, -0.2) is 21.3 Å². The van der Waals surface area contributed by atoms with Gasteiger partial charge in [-0.1, -0.05) is 20.3 Å². The second-order valence-electron chi connectivity index (χ2n) is 4.78. The molecule has 0 unspecified atom stereocenters. The van der Waals surface area contributed by atoms with E-state index < -0.39 is 0 Å². The number of nitrogens with one attached hydrogen (secondary N) is 1. The number of hydrogen-bond donors (Lipinski definition) is 1. The number of nitrogens with zero attached hydrogens (tertiary/aromatic N) is 3. The van der Waals surface area contributed by atoms with Gasteiger partial charge < -0.3 is 5.32 Å². The maximum absolute atomic E-state index is 4.54. The van der Waals surface area contributed by atoms with E-state index in [-0.39, 0.29) is 0 Å². The van der Waals surface area contributed by atoms with E-state index in [2.05, 4.69) is 41.5 Å². The summed E-state index contributed by atoms with van der Waals surface area (Å²) >= 11 is 0.